The number of hydrogen-bond donors (Lipinski definition) is 1. The van der Waals surface area contributed by atoms with E-state index in [2.05, 4.69) is 4.98 Å². The van der Waals surface area contributed by atoms with E-state index in [1.165, 1.54) is 11.8 Å². The summed E-state index contributed by atoms with van der Waals surface area (Å²) in [6.07, 6.45) is 0. The predicted octanol–water partition coefficient (Wildman–Crippen LogP) is 4.75. The van der Waals surface area contributed by atoms with Crippen LogP contribution in [-0.4, -0.2) is 26.0 Å². The molecule has 5 nitrogen and oxygen atoms in total. The Morgan fingerprint density at radius 2 is 1.63 bits per heavy atom. The fourth-order valence-corrected chi connectivity index (χ4v) is 4.00. The van der Waals surface area contributed by atoms with Gasteiger partial charge in [-0.15, -0.1) is 0 Å². The molecular formula is C17H13F3N2O3S2. The number of ether oxygens (including phenoxy) is 1. The Morgan fingerprint density at radius 1 is 1.00 bits per heavy atom. The highest BCUT2D eigenvalue weighted by Crippen LogP contribution is 2.40. The van der Waals surface area contributed by atoms with Crippen molar-refractivity contribution in [2.75, 3.05) is 11.8 Å². The molecule has 0 radical (unpaired) electrons. The largest absolute Gasteiger partial charge is 0.516 e. The Hall–Kier alpha value is -2.59. The van der Waals surface area contributed by atoms with Crippen LogP contribution in [0.25, 0.3) is 21.7 Å². The van der Waals surface area contributed by atoms with Crippen LogP contribution in [-0.2, 0) is 10.0 Å². The Labute approximate surface area is 157 Å². The van der Waals surface area contributed by atoms with E-state index in [-0.39, 0.29) is 5.13 Å². The molecule has 0 aliphatic heterocycles. The molecule has 0 saturated heterocycles. The van der Waals surface area contributed by atoms with Crippen molar-refractivity contribution < 1.29 is 26.3 Å². The van der Waals surface area contributed by atoms with Crippen LogP contribution in [0.3, 0.4) is 0 Å². The van der Waals surface area contributed by atoms with Gasteiger partial charge in [-0.25, -0.2) is 4.98 Å². The summed E-state index contributed by atoms with van der Waals surface area (Å²) in [5, 5.41) is -0.364. The van der Waals surface area contributed by atoms with Crippen molar-refractivity contribution >= 4 is 26.5 Å². The number of sulfonamides is 1. The summed E-state index contributed by atoms with van der Waals surface area (Å²) in [6.45, 7) is 0. The molecule has 1 aromatic heterocycles. The van der Waals surface area contributed by atoms with Crippen LogP contribution in [0, 0.1) is 0 Å². The minimum Gasteiger partial charge on any atom is -0.497 e. The maximum atomic E-state index is 12.7. The Balaban J connectivity index is 2.09. The predicted molar refractivity (Wildman–Crippen MR) is 98.1 cm³/mol. The maximum absolute atomic E-state index is 12.7. The summed E-state index contributed by atoms with van der Waals surface area (Å²) >= 11 is 0.828. The zero-order chi connectivity index (χ0) is 19.7. The topological polar surface area (TPSA) is 68.3 Å². The van der Waals surface area contributed by atoms with E-state index < -0.39 is 15.5 Å². The van der Waals surface area contributed by atoms with Gasteiger partial charge in [0.05, 0.1) is 17.7 Å². The Bertz CT molecular complexity index is 1030. The van der Waals surface area contributed by atoms with E-state index in [9.17, 15) is 21.6 Å². The van der Waals surface area contributed by atoms with E-state index in [0.29, 0.717) is 27.4 Å². The third-order valence-electron chi connectivity index (χ3n) is 3.55. The number of rotatable bonds is 5. The minimum atomic E-state index is -5.55. The molecule has 2 aromatic carbocycles. The second-order valence-corrected chi connectivity index (χ2v) is 8.02. The van der Waals surface area contributed by atoms with Crippen LogP contribution in [0.4, 0.5) is 18.3 Å². The van der Waals surface area contributed by atoms with Gasteiger partial charge in [0.2, 0.25) is 0 Å². The first-order valence-corrected chi connectivity index (χ1v) is 9.81. The van der Waals surface area contributed by atoms with E-state index in [4.69, 9.17) is 4.74 Å². The molecule has 3 rings (SSSR count). The molecule has 0 saturated carbocycles. The Morgan fingerprint density at radius 3 is 2.19 bits per heavy atom. The summed E-state index contributed by atoms with van der Waals surface area (Å²) in [6, 6.07) is 15.6. The van der Waals surface area contributed by atoms with Gasteiger partial charge in [-0.2, -0.15) is 21.6 Å². The summed E-state index contributed by atoms with van der Waals surface area (Å²) in [4.78, 5) is 4.64. The summed E-state index contributed by atoms with van der Waals surface area (Å²) in [5.74, 6) is 0.605. The first kappa shape index (κ1) is 19.2. The fourth-order valence-electron chi connectivity index (χ4n) is 2.27. The molecule has 1 N–H and O–H groups in total. The number of anilines is 1. The van der Waals surface area contributed by atoms with E-state index in [1.807, 2.05) is 0 Å². The molecule has 0 fully saturated rings. The van der Waals surface area contributed by atoms with Crippen molar-refractivity contribution in [3.8, 4) is 27.4 Å². The average Bonchev–Trinajstić information content (AvgIpc) is 3.04. The SMILES string of the molecule is COc1ccc(-c2nc(NS(=O)(=O)C(F)(F)F)sc2-c2ccccc2)cc1. The van der Waals surface area contributed by atoms with Gasteiger partial charge in [0, 0.05) is 5.56 Å². The minimum absolute atomic E-state index is 0.364. The molecule has 0 spiro atoms. The van der Waals surface area contributed by atoms with Gasteiger partial charge in [0.25, 0.3) is 0 Å². The lowest BCUT2D eigenvalue weighted by atomic mass is 10.1. The lowest BCUT2D eigenvalue weighted by molar-refractivity contribution is -0.0429. The van der Waals surface area contributed by atoms with Gasteiger partial charge >= 0.3 is 15.5 Å². The van der Waals surface area contributed by atoms with E-state index in [1.54, 1.807) is 54.6 Å². The molecule has 0 aliphatic rings. The third kappa shape index (κ3) is 4.06. The first-order valence-electron chi connectivity index (χ1n) is 7.51. The summed E-state index contributed by atoms with van der Waals surface area (Å²) in [5.41, 5.74) is -3.73. The van der Waals surface area contributed by atoms with Gasteiger partial charge < -0.3 is 4.74 Å². The van der Waals surface area contributed by atoms with Crippen molar-refractivity contribution in [1.82, 2.24) is 4.98 Å². The molecule has 27 heavy (non-hydrogen) atoms. The van der Waals surface area contributed by atoms with Crippen molar-refractivity contribution in [3.63, 3.8) is 0 Å². The Kier molecular flexibility index (Phi) is 5.11. The zero-order valence-corrected chi connectivity index (χ0v) is 15.5. The summed E-state index contributed by atoms with van der Waals surface area (Å²) < 4.78 is 67.4. The highest BCUT2D eigenvalue weighted by atomic mass is 32.2. The molecule has 1 heterocycles. The molecular weight excluding hydrogens is 401 g/mol. The molecule has 0 aliphatic carbocycles. The second kappa shape index (κ2) is 7.20. The van der Waals surface area contributed by atoms with Crippen LogP contribution in [0.1, 0.15) is 0 Å². The van der Waals surface area contributed by atoms with Crippen LogP contribution in [0.2, 0.25) is 0 Å². The third-order valence-corrected chi connectivity index (χ3v) is 5.77. The average molecular weight is 414 g/mol. The monoisotopic (exact) mass is 414 g/mol. The highest BCUT2D eigenvalue weighted by molar-refractivity contribution is 7.93. The highest BCUT2D eigenvalue weighted by Gasteiger charge is 2.46. The number of nitrogens with one attached hydrogen (secondary N) is 1. The number of methoxy groups -OCH3 is 1. The van der Waals surface area contributed by atoms with Gasteiger partial charge in [-0.05, 0) is 29.8 Å². The zero-order valence-electron chi connectivity index (χ0n) is 13.8. The number of hydrogen-bond acceptors (Lipinski definition) is 5. The van der Waals surface area contributed by atoms with Crippen molar-refractivity contribution in [2.24, 2.45) is 0 Å². The molecule has 0 atom stereocenters. The van der Waals surface area contributed by atoms with Gasteiger partial charge in [-0.3, -0.25) is 4.72 Å². The molecule has 3 aromatic rings. The van der Waals surface area contributed by atoms with Gasteiger partial charge in [-0.1, -0.05) is 41.7 Å². The van der Waals surface area contributed by atoms with Gasteiger partial charge in [0.1, 0.15) is 5.75 Å². The van der Waals surface area contributed by atoms with E-state index in [0.717, 1.165) is 11.3 Å². The van der Waals surface area contributed by atoms with Crippen molar-refractivity contribution in [2.45, 2.75) is 5.51 Å². The van der Waals surface area contributed by atoms with Crippen molar-refractivity contribution in [1.29, 1.82) is 0 Å². The second-order valence-electron chi connectivity index (χ2n) is 5.34. The number of aromatic nitrogens is 1. The first-order chi connectivity index (χ1) is 12.7. The standard InChI is InChI=1S/C17H13F3N2O3S2/c1-25-13-9-7-11(8-10-13)14-15(12-5-3-2-4-6-12)26-16(21-14)22-27(23,24)17(18,19)20/h2-10H,1H3,(H,21,22). The molecule has 0 bridgehead atoms. The van der Waals surface area contributed by atoms with Crippen LogP contribution in [0.5, 0.6) is 5.75 Å². The molecule has 0 unspecified atom stereocenters. The smallest absolute Gasteiger partial charge is 0.497 e. The van der Waals surface area contributed by atoms with Crippen molar-refractivity contribution in [3.05, 3.63) is 54.6 Å². The van der Waals surface area contributed by atoms with E-state index >= 15 is 0 Å². The lowest BCUT2D eigenvalue weighted by Gasteiger charge is -2.07. The van der Waals surface area contributed by atoms with Crippen LogP contribution in [0.15, 0.2) is 54.6 Å². The lowest BCUT2D eigenvalue weighted by Crippen LogP contribution is -2.29. The van der Waals surface area contributed by atoms with Gasteiger partial charge in [0.15, 0.2) is 5.13 Å². The number of nitrogens with zero attached hydrogens (tertiary/aromatic N) is 1. The van der Waals surface area contributed by atoms with Crippen LogP contribution < -0.4 is 9.46 Å². The number of halogens is 3. The van der Waals surface area contributed by atoms with Crippen LogP contribution >= 0.6 is 11.3 Å². The number of alkyl halides is 3. The summed E-state index contributed by atoms with van der Waals surface area (Å²) in [7, 11) is -4.04. The number of benzene rings is 2. The quantitative estimate of drug-likeness (QED) is 0.654. The fraction of sp³-hybridized carbons (Fsp3) is 0.118. The molecule has 0 amide bonds. The molecule has 10 heteroatoms. The normalized spacial score (nSPS) is 12.0. The number of thiazole rings is 1. The molecule has 142 valence electrons. The maximum Gasteiger partial charge on any atom is 0.516 e.